The van der Waals surface area contributed by atoms with Crippen LogP contribution in [0.3, 0.4) is 0 Å². The van der Waals surface area contributed by atoms with E-state index in [-0.39, 0.29) is 24.1 Å². The van der Waals surface area contributed by atoms with Crippen LogP contribution in [-0.4, -0.2) is 46.1 Å². The summed E-state index contributed by atoms with van der Waals surface area (Å²) in [6.07, 6.45) is 5.37. The summed E-state index contributed by atoms with van der Waals surface area (Å²) >= 11 is 1.54. The molecule has 30 heavy (non-hydrogen) atoms. The van der Waals surface area contributed by atoms with E-state index < -0.39 is 5.66 Å². The van der Waals surface area contributed by atoms with Gasteiger partial charge in [-0.05, 0) is 50.3 Å². The van der Waals surface area contributed by atoms with E-state index in [1.54, 1.807) is 22.1 Å². The second-order valence-corrected chi connectivity index (χ2v) is 8.49. The molecule has 3 heterocycles. The number of rotatable bonds is 6. The van der Waals surface area contributed by atoms with Gasteiger partial charge in [-0.3, -0.25) is 19.3 Å². The molecule has 7 nitrogen and oxygen atoms in total. The fraction of sp³-hybridized carbons (Fsp3) is 0.364. The average Bonchev–Trinajstić information content (AvgIpc) is 3.06. The molecule has 1 N–H and O–H groups in total. The van der Waals surface area contributed by atoms with Crippen LogP contribution < -0.4 is 10.2 Å². The Labute approximate surface area is 179 Å². The topological polar surface area (TPSA) is 82.6 Å². The molecule has 0 aliphatic carbocycles. The van der Waals surface area contributed by atoms with Crippen molar-refractivity contribution in [3.63, 3.8) is 0 Å². The zero-order chi connectivity index (χ0) is 21.3. The first-order valence-electron chi connectivity index (χ1n) is 9.98. The van der Waals surface area contributed by atoms with Crippen LogP contribution in [0.5, 0.6) is 0 Å². The first-order chi connectivity index (χ1) is 14.4. The van der Waals surface area contributed by atoms with Gasteiger partial charge in [-0.25, -0.2) is 4.98 Å². The molecule has 1 unspecified atom stereocenters. The first-order valence-corrected chi connectivity index (χ1v) is 11.2. The van der Waals surface area contributed by atoms with Crippen LogP contribution in [0.15, 0.2) is 47.6 Å². The number of thioether (sulfide) groups is 1. The van der Waals surface area contributed by atoms with Crippen LogP contribution in [0.1, 0.15) is 43.0 Å². The summed E-state index contributed by atoms with van der Waals surface area (Å²) < 4.78 is 0. The standard InChI is InChI=1S/C22H24N4O3S/c1-22-12-11-20(28)26(22)17-7-4-3-6-16(17)21(29)25(22)13-5-8-18(27)24-15-9-10-19(30-2)23-14-15/h3-4,6-7,9-10,14H,5,8,11-13H2,1-2H3,(H,24,27). The number of carbonyl (C=O) groups excluding carboxylic acids is 3. The van der Waals surface area contributed by atoms with Crippen molar-refractivity contribution in [2.45, 2.75) is 43.3 Å². The van der Waals surface area contributed by atoms with Gasteiger partial charge in [0.25, 0.3) is 5.91 Å². The van der Waals surface area contributed by atoms with Crippen molar-refractivity contribution in [1.29, 1.82) is 0 Å². The minimum absolute atomic E-state index is 0.0291. The van der Waals surface area contributed by atoms with Crippen LogP contribution in [0.4, 0.5) is 11.4 Å². The number of hydrogen-bond donors (Lipinski definition) is 1. The van der Waals surface area contributed by atoms with E-state index in [0.29, 0.717) is 42.7 Å². The van der Waals surface area contributed by atoms with Gasteiger partial charge in [-0.2, -0.15) is 0 Å². The summed E-state index contributed by atoms with van der Waals surface area (Å²) in [6.45, 7) is 2.34. The molecule has 1 atom stereocenters. The van der Waals surface area contributed by atoms with E-state index in [2.05, 4.69) is 10.3 Å². The zero-order valence-electron chi connectivity index (χ0n) is 17.1. The third kappa shape index (κ3) is 3.56. The average molecular weight is 425 g/mol. The van der Waals surface area contributed by atoms with Gasteiger partial charge in [0.2, 0.25) is 11.8 Å². The minimum atomic E-state index is -0.684. The number of hydrogen-bond acceptors (Lipinski definition) is 5. The molecular formula is C22H24N4O3S. The highest BCUT2D eigenvalue weighted by Gasteiger charge is 2.52. The third-order valence-corrected chi connectivity index (χ3v) is 6.42. The SMILES string of the molecule is CSc1ccc(NC(=O)CCCN2C(=O)c3ccccc3N3C(=O)CCC23C)cn1. The van der Waals surface area contributed by atoms with Gasteiger partial charge in [-0.1, -0.05) is 12.1 Å². The predicted octanol–water partition coefficient (Wildman–Crippen LogP) is 3.52. The van der Waals surface area contributed by atoms with Gasteiger partial charge in [0.1, 0.15) is 5.66 Å². The van der Waals surface area contributed by atoms with E-state index in [1.165, 1.54) is 11.8 Å². The molecule has 0 radical (unpaired) electrons. The van der Waals surface area contributed by atoms with Crippen molar-refractivity contribution >= 4 is 40.9 Å². The van der Waals surface area contributed by atoms with Crippen molar-refractivity contribution in [2.24, 2.45) is 0 Å². The number of benzene rings is 1. The van der Waals surface area contributed by atoms with E-state index in [4.69, 9.17) is 0 Å². The number of fused-ring (bicyclic) bond motifs is 3. The molecule has 0 saturated carbocycles. The molecular weight excluding hydrogens is 400 g/mol. The van der Waals surface area contributed by atoms with Crippen LogP contribution in [-0.2, 0) is 9.59 Å². The molecule has 3 amide bonds. The zero-order valence-corrected chi connectivity index (χ0v) is 17.9. The van der Waals surface area contributed by atoms with E-state index >= 15 is 0 Å². The first kappa shape index (κ1) is 20.4. The Balaban J connectivity index is 1.43. The van der Waals surface area contributed by atoms with E-state index in [9.17, 15) is 14.4 Å². The largest absolute Gasteiger partial charge is 0.325 e. The van der Waals surface area contributed by atoms with Gasteiger partial charge >= 0.3 is 0 Å². The van der Waals surface area contributed by atoms with Crippen molar-refractivity contribution in [1.82, 2.24) is 9.88 Å². The summed E-state index contributed by atoms with van der Waals surface area (Å²) in [6, 6.07) is 10.9. The van der Waals surface area contributed by atoms with Gasteiger partial charge in [-0.15, -0.1) is 11.8 Å². The Bertz CT molecular complexity index is 994. The summed E-state index contributed by atoms with van der Waals surface area (Å²) in [5.74, 6) is -0.180. The molecule has 1 aromatic heterocycles. The molecule has 1 fully saturated rings. The van der Waals surface area contributed by atoms with Gasteiger partial charge in [0.15, 0.2) is 0 Å². The lowest BCUT2D eigenvalue weighted by Crippen LogP contribution is -2.62. The fourth-order valence-corrected chi connectivity index (χ4v) is 4.60. The van der Waals surface area contributed by atoms with Crippen molar-refractivity contribution in [2.75, 3.05) is 23.0 Å². The number of aromatic nitrogens is 1. The van der Waals surface area contributed by atoms with Gasteiger partial charge in [0, 0.05) is 19.4 Å². The smallest absolute Gasteiger partial charge is 0.257 e. The van der Waals surface area contributed by atoms with Crippen molar-refractivity contribution in [3.8, 4) is 0 Å². The molecule has 1 saturated heterocycles. The Hall–Kier alpha value is -2.87. The van der Waals surface area contributed by atoms with Crippen LogP contribution in [0, 0.1) is 0 Å². The summed E-state index contributed by atoms with van der Waals surface area (Å²) in [5.41, 5.74) is 1.19. The molecule has 0 spiro atoms. The fourth-order valence-electron chi connectivity index (χ4n) is 4.24. The number of nitrogens with one attached hydrogen (secondary N) is 1. The monoisotopic (exact) mass is 424 g/mol. The number of nitrogens with zero attached hydrogens (tertiary/aromatic N) is 3. The van der Waals surface area contributed by atoms with Crippen molar-refractivity contribution in [3.05, 3.63) is 48.2 Å². The van der Waals surface area contributed by atoms with Crippen molar-refractivity contribution < 1.29 is 14.4 Å². The highest BCUT2D eigenvalue weighted by Crippen LogP contribution is 2.44. The highest BCUT2D eigenvalue weighted by atomic mass is 32.2. The quantitative estimate of drug-likeness (QED) is 0.718. The molecule has 0 bridgehead atoms. The third-order valence-electron chi connectivity index (χ3n) is 5.76. The number of pyridine rings is 1. The Morgan fingerprint density at radius 1 is 1.23 bits per heavy atom. The molecule has 4 rings (SSSR count). The lowest BCUT2D eigenvalue weighted by atomic mass is 9.98. The lowest BCUT2D eigenvalue weighted by molar-refractivity contribution is -0.118. The number of carbonyl (C=O) groups is 3. The maximum atomic E-state index is 13.2. The minimum Gasteiger partial charge on any atom is -0.325 e. The number of para-hydroxylation sites is 1. The molecule has 2 aliphatic rings. The Morgan fingerprint density at radius 2 is 2.03 bits per heavy atom. The maximum Gasteiger partial charge on any atom is 0.257 e. The summed E-state index contributed by atoms with van der Waals surface area (Å²) in [4.78, 5) is 45.8. The number of amides is 3. The predicted molar refractivity (Wildman–Crippen MR) is 116 cm³/mol. The van der Waals surface area contributed by atoms with E-state index in [1.807, 2.05) is 43.5 Å². The Morgan fingerprint density at radius 3 is 2.77 bits per heavy atom. The van der Waals surface area contributed by atoms with E-state index in [0.717, 1.165) is 5.03 Å². The second kappa shape index (κ2) is 8.10. The molecule has 2 aliphatic heterocycles. The van der Waals surface area contributed by atoms with Crippen LogP contribution in [0.25, 0.3) is 0 Å². The normalized spacial score (nSPS) is 20.2. The molecule has 1 aromatic carbocycles. The Kier molecular flexibility index (Phi) is 5.51. The van der Waals surface area contributed by atoms with Crippen LogP contribution >= 0.6 is 11.8 Å². The molecule has 8 heteroatoms. The second-order valence-electron chi connectivity index (χ2n) is 7.66. The highest BCUT2D eigenvalue weighted by molar-refractivity contribution is 7.98. The maximum absolute atomic E-state index is 13.2. The lowest BCUT2D eigenvalue weighted by Gasteiger charge is -2.48. The van der Waals surface area contributed by atoms with Gasteiger partial charge < -0.3 is 10.2 Å². The molecule has 2 aromatic rings. The molecule has 156 valence electrons. The van der Waals surface area contributed by atoms with Gasteiger partial charge in [0.05, 0.1) is 28.2 Å². The number of anilines is 2. The summed E-state index contributed by atoms with van der Waals surface area (Å²) in [5, 5.41) is 3.73. The summed E-state index contributed by atoms with van der Waals surface area (Å²) in [7, 11) is 0. The van der Waals surface area contributed by atoms with Crippen LogP contribution in [0.2, 0.25) is 0 Å².